The molecule has 4 aromatic carbocycles. The van der Waals surface area contributed by atoms with Crippen molar-refractivity contribution in [1.29, 1.82) is 0 Å². The monoisotopic (exact) mass is 502 g/mol. The van der Waals surface area contributed by atoms with E-state index in [1.165, 1.54) is 39.9 Å². The van der Waals surface area contributed by atoms with Crippen molar-refractivity contribution in [2.45, 2.75) is 44.9 Å². The molecule has 3 fully saturated rings. The molecule has 38 heavy (non-hydrogen) atoms. The Balaban J connectivity index is 1.33. The number of phenols is 1. The van der Waals surface area contributed by atoms with Gasteiger partial charge in [-0.25, -0.2) is 0 Å². The maximum absolute atomic E-state index is 10.4. The topological polar surface area (TPSA) is 45.6 Å². The van der Waals surface area contributed by atoms with Gasteiger partial charge in [-0.05, 0) is 94.2 Å². The fraction of sp³-hybridized carbons (Fsp3) is 0.324. The maximum Gasteiger partial charge on any atom is 0.116 e. The summed E-state index contributed by atoms with van der Waals surface area (Å²) in [6.45, 7) is 5.15. The second-order valence-electron chi connectivity index (χ2n) is 11.1. The lowest BCUT2D eigenvalue weighted by Gasteiger charge is -2.52. The minimum absolute atomic E-state index is 0.111. The van der Waals surface area contributed by atoms with Crippen molar-refractivity contribution in [2.24, 2.45) is 11.8 Å². The summed E-state index contributed by atoms with van der Waals surface area (Å²) in [5.41, 5.74) is 3.26. The summed E-state index contributed by atoms with van der Waals surface area (Å²) in [6, 6.07) is 27.4. The van der Waals surface area contributed by atoms with E-state index >= 15 is 0 Å². The fourth-order valence-electron chi connectivity index (χ4n) is 7.21. The third-order valence-corrected chi connectivity index (χ3v) is 9.17. The minimum atomic E-state index is -0.111. The summed E-state index contributed by atoms with van der Waals surface area (Å²) in [4.78, 5) is 7.28. The van der Waals surface area contributed by atoms with Crippen molar-refractivity contribution in [2.75, 3.05) is 13.1 Å². The van der Waals surface area contributed by atoms with Crippen LogP contribution < -0.4 is 0 Å². The Morgan fingerprint density at radius 1 is 0.947 bits per heavy atom. The average Bonchev–Trinajstić information content (AvgIpc) is 2.97. The lowest BCUT2D eigenvalue weighted by Crippen LogP contribution is -2.55. The van der Waals surface area contributed by atoms with Crippen molar-refractivity contribution < 1.29 is 9.84 Å². The Hall–Kier alpha value is -3.47. The first-order chi connectivity index (χ1) is 18.7. The maximum atomic E-state index is 10.4. The highest BCUT2D eigenvalue weighted by atomic mass is 16.5. The Morgan fingerprint density at radius 2 is 1.71 bits per heavy atom. The Bertz CT molecular complexity index is 1580. The second kappa shape index (κ2) is 9.68. The van der Waals surface area contributed by atoms with Gasteiger partial charge in [0.25, 0.3) is 0 Å². The summed E-state index contributed by atoms with van der Waals surface area (Å²) in [7, 11) is 0. The highest BCUT2D eigenvalue weighted by Gasteiger charge is 2.43. The van der Waals surface area contributed by atoms with Gasteiger partial charge in [0.05, 0.1) is 18.2 Å². The molecule has 2 bridgehead atoms. The van der Waals surface area contributed by atoms with E-state index in [4.69, 9.17) is 4.74 Å². The molecule has 1 aromatic heterocycles. The predicted octanol–water partition coefficient (Wildman–Crippen LogP) is 7.63. The molecule has 3 aliphatic heterocycles. The number of fused-ring (bicyclic) bond motifs is 6. The number of pyridine rings is 1. The first-order valence-electron chi connectivity index (χ1n) is 14.0. The molecule has 3 saturated heterocycles. The van der Waals surface area contributed by atoms with E-state index < -0.39 is 0 Å². The zero-order chi connectivity index (χ0) is 25.6. The number of aromatic hydroxyl groups is 1. The first kappa shape index (κ1) is 23.6. The minimum Gasteiger partial charge on any atom is -0.508 e. The van der Waals surface area contributed by atoms with Crippen molar-refractivity contribution in [3.8, 4) is 5.75 Å². The van der Waals surface area contributed by atoms with Crippen molar-refractivity contribution >= 4 is 32.4 Å². The predicted molar refractivity (Wildman–Crippen MR) is 154 cm³/mol. The van der Waals surface area contributed by atoms with Crippen LogP contribution in [-0.2, 0) is 11.3 Å². The number of piperidine rings is 3. The van der Waals surface area contributed by atoms with Crippen LogP contribution in [0.1, 0.15) is 43.4 Å². The van der Waals surface area contributed by atoms with Gasteiger partial charge in [0.15, 0.2) is 0 Å². The number of aromatic nitrogens is 1. The molecule has 4 heteroatoms. The summed E-state index contributed by atoms with van der Waals surface area (Å²) < 4.78 is 7.09. The lowest BCUT2D eigenvalue weighted by molar-refractivity contribution is -0.0875. The van der Waals surface area contributed by atoms with E-state index in [9.17, 15) is 5.11 Å². The molecule has 4 heterocycles. The highest BCUT2D eigenvalue weighted by molar-refractivity contribution is 6.02. The van der Waals surface area contributed by atoms with Gasteiger partial charge in [-0.15, -0.1) is 0 Å². The van der Waals surface area contributed by atoms with E-state index in [2.05, 4.69) is 77.5 Å². The van der Waals surface area contributed by atoms with E-state index in [1.54, 1.807) is 6.07 Å². The second-order valence-corrected chi connectivity index (χ2v) is 11.1. The smallest absolute Gasteiger partial charge is 0.116 e. The molecular formula is C34H34N2O2. The average molecular weight is 503 g/mol. The number of hydrogen-bond donors (Lipinski definition) is 1. The molecule has 5 atom stereocenters. The lowest BCUT2D eigenvalue weighted by atomic mass is 9.72. The number of benzene rings is 4. The van der Waals surface area contributed by atoms with Gasteiger partial charge in [0.2, 0.25) is 0 Å². The Labute approximate surface area is 223 Å². The molecule has 4 nitrogen and oxygen atoms in total. The third kappa shape index (κ3) is 4.03. The van der Waals surface area contributed by atoms with Crippen LogP contribution >= 0.6 is 0 Å². The molecule has 192 valence electrons. The van der Waals surface area contributed by atoms with Gasteiger partial charge in [0, 0.05) is 24.2 Å². The Kier molecular flexibility index (Phi) is 6.02. The standard InChI is InChI=1S/C34H34N2O2/c1-2-22-20-36-16-14-23(22)18-33(36)34(29-13-15-35-32-12-11-26(37)19-30(29)32)38-21-31-27-9-5-3-7-24(27)17-25-8-4-6-10-28(25)31/h3-13,15,17,19,22-23,33-34,37H,2,14,16,18,20-21H2,1H3/t22-,23-,33+,34+/m0/s1. The van der Waals surface area contributed by atoms with E-state index in [0.29, 0.717) is 12.6 Å². The van der Waals surface area contributed by atoms with Crippen LogP contribution in [0, 0.1) is 11.8 Å². The molecule has 1 N–H and O–H groups in total. The van der Waals surface area contributed by atoms with E-state index in [1.807, 2.05) is 18.3 Å². The van der Waals surface area contributed by atoms with Gasteiger partial charge < -0.3 is 9.84 Å². The summed E-state index contributed by atoms with van der Waals surface area (Å²) >= 11 is 0. The summed E-state index contributed by atoms with van der Waals surface area (Å²) in [6.07, 6.45) is 5.47. The number of phenolic OH excluding ortho intramolecular Hbond substituents is 1. The molecule has 8 rings (SSSR count). The normalized spacial score (nSPS) is 23.8. The number of ether oxygens (including phenoxy) is 1. The van der Waals surface area contributed by atoms with Crippen molar-refractivity contribution in [3.05, 3.63) is 96.2 Å². The first-order valence-corrected chi connectivity index (χ1v) is 14.0. The summed E-state index contributed by atoms with van der Waals surface area (Å²) in [5, 5.41) is 16.3. The number of hydrogen-bond acceptors (Lipinski definition) is 4. The van der Waals surface area contributed by atoms with Gasteiger partial charge in [-0.3, -0.25) is 9.88 Å². The van der Waals surface area contributed by atoms with Crippen molar-refractivity contribution in [3.63, 3.8) is 0 Å². The van der Waals surface area contributed by atoms with Gasteiger partial charge in [-0.2, -0.15) is 0 Å². The summed E-state index contributed by atoms with van der Waals surface area (Å²) in [5.74, 6) is 1.80. The van der Waals surface area contributed by atoms with Crippen LogP contribution in [-0.4, -0.2) is 34.1 Å². The molecule has 5 aromatic rings. The highest BCUT2D eigenvalue weighted by Crippen LogP contribution is 2.45. The largest absolute Gasteiger partial charge is 0.508 e. The molecule has 3 aliphatic rings. The molecule has 0 amide bonds. The third-order valence-electron chi connectivity index (χ3n) is 9.17. The van der Waals surface area contributed by atoms with Gasteiger partial charge in [0.1, 0.15) is 5.75 Å². The SMILES string of the molecule is CC[C@H]1CN2CC[C@H]1C[C@@H]2[C@H](OCc1c2ccccc2cc2ccccc12)c1ccnc2ccc(O)cc12. The number of nitrogens with zero attached hydrogens (tertiary/aromatic N) is 2. The van der Waals surface area contributed by atoms with Crippen LogP contribution in [0.25, 0.3) is 32.4 Å². The van der Waals surface area contributed by atoms with E-state index in [-0.39, 0.29) is 11.9 Å². The van der Waals surface area contributed by atoms with Gasteiger partial charge in [-0.1, -0.05) is 61.9 Å². The molecule has 0 spiro atoms. The zero-order valence-electron chi connectivity index (χ0n) is 21.9. The van der Waals surface area contributed by atoms with Crippen LogP contribution in [0.2, 0.25) is 0 Å². The van der Waals surface area contributed by atoms with Crippen LogP contribution in [0.5, 0.6) is 5.75 Å². The molecular weight excluding hydrogens is 468 g/mol. The van der Waals surface area contributed by atoms with Crippen LogP contribution in [0.3, 0.4) is 0 Å². The van der Waals surface area contributed by atoms with Gasteiger partial charge >= 0.3 is 0 Å². The van der Waals surface area contributed by atoms with E-state index in [0.717, 1.165) is 47.8 Å². The molecule has 0 radical (unpaired) electrons. The zero-order valence-corrected chi connectivity index (χ0v) is 21.9. The quantitative estimate of drug-likeness (QED) is 0.243. The van der Waals surface area contributed by atoms with Crippen LogP contribution in [0.15, 0.2) is 85.1 Å². The molecule has 0 aliphatic carbocycles. The molecule has 1 unspecified atom stereocenters. The fourth-order valence-corrected chi connectivity index (χ4v) is 7.21. The number of rotatable bonds is 6. The van der Waals surface area contributed by atoms with Crippen LogP contribution in [0.4, 0.5) is 0 Å². The Morgan fingerprint density at radius 3 is 2.42 bits per heavy atom. The van der Waals surface area contributed by atoms with Crippen molar-refractivity contribution in [1.82, 2.24) is 9.88 Å². The molecule has 0 saturated carbocycles.